The van der Waals surface area contributed by atoms with Crippen LogP contribution < -0.4 is 10.2 Å². The van der Waals surface area contributed by atoms with Gasteiger partial charge in [0.05, 0.1) is 12.6 Å². The van der Waals surface area contributed by atoms with Gasteiger partial charge in [-0.3, -0.25) is 0 Å². The van der Waals surface area contributed by atoms with E-state index in [0.717, 1.165) is 6.04 Å². The van der Waals surface area contributed by atoms with Crippen molar-refractivity contribution < 1.29 is 19.0 Å². The van der Waals surface area contributed by atoms with Crippen molar-refractivity contribution in [1.82, 2.24) is 20.1 Å². The molecule has 1 aliphatic heterocycles. The lowest BCUT2D eigenvalue weighted by Gasteiger charge is -2.15. The highest BCUT2D eigenvalue weighted by Crippen LogP contribution is 2.19. The van der Waals surface area contributed by atoms with Gasteiger partial charge in [-0.25, -0.2) is 13.9 Å². The van der Waals surface area contributed by atoms with Crippen LogP contribution in [0, 0.1) is 6.92 Å². The molecular formula is C14H26FN5O3Si. The van der Waals surface area contributed by atoms with Crippen LogP contribution >= 0.6 is 0 Å². The lowest BCUT2D eigenvalue weighted by molar-refractivity contribution is 0.0769. The molecule has 1 fully saturated rings. The minimum Gasteiger partial charge on any atom is -0.465 e. The molecular weight excluding hydrogens is 333 g/mol. The van der Waals surface area contributed by atoms with Crippen molar-refractivity contribution in [3.8, 4) is 0 Å². The second-order valence-corrected chi connectivity index (χ2v) is 12.9. The van der Waals surface area contributed by atoms with Crippen molar-refractivity contribution in [3.05, 3.63) is 5.82 Å². The number of rotatable bonds is 7. The van der Waals surface area contributed by atoms with Crippen LogP contribution in [0.5, 0.6) is 0 Å². The zero-order chi connectivity index (χ0) is 17.9. The first kappa shape index (κ1) is 18.7. The van der Waals surface area contributed by atoms with E-state index in [1.54, 1.807) is 9.58 Å². The van der Waals surface area contributed by atoms with Gasteiger partial charge < -0.3 is 20.1 Å². The van der Waals surface area contributed by atoms with Gasteiger partial charge in [0, 0.05) is 21.2 Å². The Labute approximate surface area is 142 Å². The lowest BCUT2D eigenvalue weighted by Crippen LogP contribution is -2.40. The van der Waals surface area contributed by atoms with Crippen LogP contribution in [0.2, 0.25) is 25.7 Å². The Morgan fingerprint density at radius 3 is 2.79 bits per heavy atom. The van der Waals surface area contributed by atoms with E-state index < -0.39 is 26.4 Å². The second kappa shape index (κ2) is 7.47. The maximum Gasteiger partial charge on any atom is 0.405 e. The summed E-state index contributed by atoms with van der Waals surface area (Å²) in [5, 5.41) is 15.3. The summed E-state index contributed by atoms with van der Waals surface area (Å²) < 4.78 is 21.2. The number of hydrogen-bond acceptors (Lipinski definition) is 5. The van der Waals surface area contributed by atoms with Gasteiger partial charge in [0.25, 0.3) is 0 Å². The molecule has 1 amide bonds. The lowest BCUT2D eigenvalue weighted by atomic mass is 10.2. The van der Waals surface area contributed by atoms with Crippen LogP contribution in [0.25, 0.3) is 0 Å². The van der Waals surface area contributed by atoms with Gasteiger partial charge in [-0.1, -0.05) is 19.6 Å². The van der Waals surface area contributed by atoms with E-state index in [9.17, 15) is 9.18 Å². The van der Waals surface area contributed by atoms with Crippen molar-refractivity contribution in [2.24, 2.45) is 0 Å². The highest BCUT2D eigenvalue weighted by molar-refractivity contribution is 6.76. The van der Waals surface area contributed by atoms with Crippen LogP contribution in [0.15, 0.2) is 0 Å². The summed E-state index contributed by atoms with van der Waals surface area (Å²) in [7, 11) is -1.13. The van der Waals surface area contributed by atoms with Crippen LogP contribution in [0.3, 0.4) is 0 Å². The molecule has 8 nitrogen and oxygen atoms in total. The number of carbonyl (C=O) groups is 1. The summed E-state index contributed by atoms with van der Waals surface area (Å²) in [4.78, 5) is 16.7. The molecule has 2 heterocycles. The molecule has 2 rings (SSSR count). The number of hydrogen-bond donors (Lipinski definition) is 2. The minimum atomic E-state index is -1.28. The third kappa shape index (κ3) is 5.16. The van der Waals surface area contributed by atoms with E-state index in [4.69, 9.17) is 9.84 Å². The van der Waals surface area contributed by atoms with Crippen molar-refractivity contribution in [3.63, 3.8) is 0 Å². The number of carboxylic acid groups (broad SMARTS) is 1. The molecule has 0 aliphatic carbocycles. The van der Waals surface area contributed by atoms with E-state index in [2.05, 4.69) is 35.0 Å². The monoisotopic (exact) mass is 359 g/mol. The largest absolute Gasteiger partial charge is 0.465 e. The van der Waals surface area contributed by atoms with E-state index in [-0.39, 0.29) is 13.1 Å². The molecule has 136 valence electrons. The molecule has 1 saturated heterocycles. The van der Waals surface area contributed by atoms with Gasteiger partial charge >= 0.3 is 6.09 Å². The van der Waals surface area contributed by atoms with Crippen LogP contribution in [-0.2, 0) is 11.5 Å². The maximum atomic E-state index is 13.9. The number of ether oxygens (including phenoxy) is 1. The van der Waals surface area contributed by atoms with Crippen molar-refractivity contribution in [1.29, 1.82) is 0 Å². The molecule has 10 heteroatoms. The molecule has 0 radical (unpaired) electrons. The Morgan fingerprint density at radius 1 is 1.46 bits per heavy atom. The molecule has 0 spiro atoms. The highest BCUT2D eigenvalue weighted by atomic mass is 28.3. The molecule has 24 heavy (non-hydrogen) atoms. The van der Waals surface area contributed by atoms with Crippen molar-refractivity contribution in [2.75, 3.05) is 24.6 Å². The standard InChI is InChI=1S/C14H26FN5O3Si/c1-10-16-13(18-20(10)9-23-5-6-24(2,3)4)19-7-11(15)12(8-19)17-14(21)22/h11-12,17H,5-9H2,1-4H3,(H,21,22)/t11-,12-/m0/s1. The van der Waals surface area contributed by atoms with Crippen LogP contribution in [0.4, 0.5) is 15.1 Å². The minimum absolute atomic E-state index is 0.0743. The molecule has 0 saturated carbocycles. The van der Waals surface area contributed by atoms with Gasteiger partial charge in [0.2, 0.25) is 5.95 Å². The fraction of sp³-hybridized carbons (Fsp3) is 0.786. The fourth-order valence-electron chi connectivity index (χ4n) is 2.41. The number of anilines is 1. The Bertz CT molecular complexity index is 577. The molecule has 0 aromatic carbocycles. The van der Waals surface area contributed by atoms with E-state index in [1.807, 2.05) is 6.92 Å². The number of aromatic nitrogens is 3. The summed E-state index contributed by atoms with van der Waals surface area (Å²) in [6.45, 7) is 9.97. The predicted molar refractivity (Wildman–Crippen MR) is 90.9 cm³/mol. The van der Waals surface area contributed by atoms with Gasteiger partial charge in [-0.15, -0.1) is 5.10 Å². The quantitative estimate of drug-likeness (QED) is 0.568. The first-order chi connectivity index (χ1) is 11.2. The van der Waals surface area contributed by atoms with Gasteiger partial charge in [0.1, 0.15) is 18.7 Å². The Hall–Kier alpha value is -1.68. The second-order valence-electron chi connectivity index (χ2n) is 7.28. The van der Waals surface area contributed by atoms with Crippen LogP contribution in [-0.4, -0.2) is 65.9 Å². The third-order valence-electron chi connectivity index (χ3n) is 3.90. The third-order valence-corrected chi connectivity index (χ3v) is 5.60. The molecule has 1 aromatic rings. The zero-order valence-corrected chi connectivity index (χ0v) is 15.6. The summed E-state index contributed by atoms with van der Waals surface area (Å²) in [6, 6.07) is 0.314. The average molecular weight is 359 g/mol. The molecule has 0 unspecified atom stereocenters. The molecule has 1 aromatic heterocycles. The maximum absolute atomic E-state index is 13.9. The zero-order valence-electron chi connectivity index (χ0n) is 14.6. The first-order valence-corrected chi connectivity index (χ1v) is 11.7. The molecule has 1 aliphatic rings. The fourth-order valence-corrected chi connectivity index (χ4v) is 3.17. The Kier molecular flexibility index (Phi) is 5.81. The Balaban J connectivity index is 1.90. The average Bonchev–Trinajstić information content (AvgIpc) is 2.98. The molecule has 2 atom stereocenters. The summed E-state index contributed by atoms with van der Waals surface area (Å²) in [5.41, 5.74) is 0. The highest BCUT2D eigenvalue weighted by Gasteiger charge is 2.35. The SMILES string of the molecule is Cc1nc(N2C[C@H](NC(=O)O)[C@@H](F)C2)nn1COCC[Si](C)(C)C. The van der Waals surface area contributed by atoms with E-state index >= 15 is 0 Å². The molecule has 0 bridgehead atoms. The number of nitrogens with zero attached hydrogens (tertiary/aromatic N) is 4. The van der Waals surface area contributed by atoms with Crippen molar-refractivity contribution in [2.45, 2.75) is 51.6 Å². The Morgan fingerprint density at radius 2 is 2.17 bits per heavy atom. The van der Waals surface area contributed by atoms with Crippen molar-refractivity contribution >= 4 is 20.1 Å². The summed E-state index contributed by atoms with van der Waals surface area (Å²) in [5.74, 6) is 1.08. The molecule has 2 N–H and O–H groups in total. The van der Waals surface area contributed by atoms with Crippen LogP contribution in [0.1, 0.15) is 5.82 Å². The normalized spacial score (nSPS) is 21.3. The number of nitrogens with one attached hydrogen (secondary N) is 1. The number of aryl methyl sites for hydroxylation is 1. The van der Waals surface area contributed by atoms with Gasteiger partial charge in [-0.05, 0) is 13.0 Å². The van der Waals surface area contributed by atoms with Gasteiger partial charge in [-0.2, -0.15) is 4.98 Å². The summed E-state index contributed by atoms with van der Waals surface area (Å²) in [6.07, 6.45) is -2.50. The first-order valence-electron chi connectivity index (χ1n) is 8.03. The number of alkyl halides is 1. The topological polar surface area (TPSA) is 92.5 Å². The number of halogens is 1. The predicted octanol–water partition coefficient (Wildman–Crippen LogP) is 1.69. The van der Waals surface area contributed by atoms with E-state index in [0.29, 0.717) is 25.1 Å². The van der Waals surface area contributed by atoms with Gasteiger partial charge in [0.15, 0.2) is 0 Å². The van der Waals surface area contributed by atoms with E-state index in [1.165, 1.54) is 0 Å². The summed E-state index contributed by atoms with van der Waals surface area (Å²) >= 11 is 0. The smallest absolute Gasteiger partial charge is 0.405 e. The number of amides is 1.